The van der Waals surface area contributed by atoms with E-state index in [9.17, 15) is 17.6 Å². The topological polar surface area (TPSA) is 136 Å². The normalized spacial score (nSPS) is 11.4. The molecule has 0 saturated heterocycles. The Balaban J connectivity index is 2.09. The summed E-state index contributed by atoms with van der Waals surface area (Å²) in [6, 6.07) is 11.0. The number of aromatic nitrogens is 1. The number of rotatable bonds is 5. The zero-order valence-corrected chi connectivity index (χ0v) is 14.5. The minimum atomic E-state index is -3.85. The molecule has 1 aromatic heterocycles. The first-order chi connectivity index (χ1) is 12.8. The standard InChI is InChI=1S/C17H14FN3O5S/c18-12-5-1-10(2-6-12)16-17(26-15(20-16)9-14(22)21-23)11-3-7-13(8-4-11)27(19,24)25/h1-8,23H,9H2,(H,21,22)(H2,19,24,25). The lowest BCUT2D eigenvalue weighted by atomic mass is 10.1. The number of oxazole rings is 1. The minimum absolute atomic E-state index is 0.0198. The number of nitrogens with one attached hydrogen (secondary N) is 1. The van der Waals surface area contributed by atoms with Gasteiger partial charge in [-0.05, 0) is 48.5 Å². The number of sulfonamides is 1. The second-order valence-electron chi connectivity index (χ2n) is 5.57. The molecule has 3 rings (SSSR count). The fourth-order valence-corrected chi connectivity index (χ4v) is 2.93. The van der Waals surface area contributed by atoms with Crippen molar-refractivity contribution in [3.8, 4) is 22.6 Å². The average Bonchev–Trinajstić information content (AvgIpc) is 3.05. The number of halogens is 1. The number of hydrogen-bond donors (Lipinski definition) is 3. The number of amides is 1. The first-order valence-corrected chi connectivity index (χ1v) is 9.14. The van der Waals surface area contributed by atoms with E-state index in [1.807, 2.05) is 0 Å². The summed E-state index contributed by atoms with van der Waals surface area (Å²) in [6.45, 7) is 0. The minimum Gasteiger partial charge on any atom is -0.439 e. The highest BCUT2D eigenvalue weighted by atomic mass is 32.2. The Labute approximate surface area is 153 Å². The largest absolute Gasteiger partial charge is 0.439 e. The number of hydrogen-bond acceptors (Lipinski definition) is 6. The highest BCUT2D eigenvalue weighted by Crippen LogP contribution is 2.33. The van der Waals surface area contributed by atoms with E-state index in [4.69, 9.17) is 14.8 Å². The summed E-state index contributed by atoms with van der Waals surface area (Å²) in [4.78, 5) is 15.5. The summed E-state index contributed by atoms with van der Waals surface area (Å²) in [5.41, 5.74) is 2.82. The van der Waals surface area contributed by atoms with Crippen molar-refractivity contribution >= 4 is 15.9 Å². The van der Waals surface area contributed by atoms with E-state index in [1.54, 1.807) is 0 Å². The predicted molar refractivity (Wildman–Crippen MR) is 92.3 cm³/mol. The van der Waals surface area contributed by atoms with Gasteiger partial charge in [-0.3, -0.25) is 10.0 Å². The Morgan fingerprint density at radius 2 is 1.70 bits per heavy atom. The maximum Gasteiger partial charge on any atom is 0.252 e. The third-order valence-electron chi connectivity index (χ3n) is 3.67. The molecule has 0 aliphatic heterocycles. The Bertz CT molecular complexity index is 1080. The molecule has 4 N–H and O–H groups in total. The van der Waals surface area contributed by atoms with Gasteiger partial charge in [-0.15, -0.1) is 0 Å². The third kappa shape index (κ3) is 4.19. The van der Waals surface area contributed by atoms with Crippen molar-refractivity contribution in [1.82, 2.24) is 10.5 Å². The van der Waals surface area contributed by atoms with Crippen LogP contribution in [0.5, 0.6) is 0 Å². The maximum atomic E-state index is 13.2. The van der Waals surface area contributed by atoms with Gasteiger partial charge in [0, 0.05) is 11.1 Å². The lowest BCUT2D eigenvalue weighted by Gasteiger charge is -2.03. The number of nitrogens with two attached hydrogens (primary N) is 1. The number of carbonyl (C=O) groups excluding carboxylic acids is 1. The van der Waals surface area contributed by atoms with Gasteiger partial charge in [0.05, 0.1) is 4.90 Å². The number of primary sulfonamides is 1. The molecule has 2 aromatic carbocycles. The molecular weight excluding hydrogens is 377 g/mol. The molecule has 0 radical (unpaired) electrons. The zero-order valence-electron chi connectivity index (χ0n) is 13.7. The Hall–Kier alpha value is -3.08. The predicted octanol–water partition coefficient (Wildman–Crippen LogP) is 1.84. The van der Waals surface area contributed by atoms with Crippen molar-refractivity contribution in [2.24, 2.45) is 5.14 Å². The Morgan fingerprint density at radius 3 is 2.26 bits per heavy atom. The van der Waals surface area contributed by atoms with E-state index in [1.165, 1.54) is 54.0 Å². The van der Waals surface area contributed by atoms with E-state index < -0.39 is 21.7 Å². The van der Waals surface area contributed by atoms with Gasteiger partial charge in [0.1, 0.15) is 17.9 Å². The van der Waals surface area contributed by atoms with Crippen molar-refractivity contribution in [3.63, 3.8) is 0 Å². The number of benzene rings is 2. The van der Waals surface area contributed by atoms with Gasteiger partial charge in [0.25, 0.3) is 5.91 Å². The van der Waals surface area contributed by atoms with Crippen LogP contribution >= 0.6 is 0 Å². The van der Waals surface area contributed by atoms with Crippen molar-refractivity contribution in [2.45, 2.75) is 11.3 Å². The van der Waals surface area contributed by atoms with Gasteiger partial charge in [-0.1, -0.05) is 0 Å². The molecule has 3 aromatic rings. The monoisotopic (exact) mass is 391 g/mol. The molecule has 0 fully saturated rings. The summed E-state index contributed by atoms with van der Waals surface area (Å²) >= 11 is 0. The average molecular weight is 391 g/mol. The molecule has 8 nitrogen and oxygen atoms in total. The van der Waals surface area contributed by atoms with Crippen LogP contribution in [0.25, 0.3) is 22.6 Å². The van der Waals surface area contributed by atoms with E-state index in [2.05, 4.69) is 4.98 Å². The molecule has 27 heavy (non-hydrogen) atoms. The summed E-state index contributed by atoms with van der Waals surface area (Å²) in [5, 5.41) is 13.8. The third-order valence-corrected chi connectivity index (χ3v) is 4.60. The van der Waals surface area contributed by atoms with E-state index in [-0.39, 0.29) is 23.0 Å². The van der Waals surface area contributed by atoms with Gasteiger partial charge in [-0.2, -0.15) is 0 Å². The van der Waals surface area contributed by atoms with Crippen molar-refractivity contribution in [2.75, 3.05) is 0 Å². The highest BCUT2D eigenvalue weighted by Gasteiger charge is 2.19. The molecule has 140 valence electrons. The van der Waals surface area contributed by atoms with Crippen molar-refractivity contribution in [3.05, 3.63) is 60.2 Å². The lowest BCUT2D eigenvalue weighted by Crippen LogP contribution is -2.20. The molecule has 0 spiro atoms. The van der Waals surface area contributed by atoms with Crippen LogP contribution in [0.1, 0.15) is 5.89 Å². The Morgan fingerprint density at radius 1 is 1.11 bits per heavy atom. The van der Waals surface area contributed by atoms with Crippen LogP contribution in [0.4, 0.5) is 4.39 Å². The molecule has 0 atom stereocenters. The molecule has 0 aliphatic rings. The van der Waals surface area contributed by atoms with Gasteiger partial charge >= 0.3 is 0 Å². The first kappa shape index (κ1) is 18.7. The lowest BCUT2D eigenvalue weighted by molar-refractivity contribution is -0.128. The smallest absolute Gasteiger partial charge is 0.252 e. The van der Waals surface area contributed by atoms with Gasteiger partial charge < -0.3 is 4.42 Å². The van der Waals surface area contributed by atoms with Crippen LogP contribution in [0.3, 0.4) is 0 Å². The SMILES string of the molecule is NS(=O)(=O)c1ccc(-c2oc(CC(=O)NO)nc2-c2ccc(F)cc2)cc1. The fraction of sp³-hybridized carbons (Fsp3) is 0.0588. The maximum absolute atomic E-state index is 13.2. The molecule has 0 aliphatic carbocycles. The molecule has 1 heterocycles. The molecule has 0 saturated carbocycles. The summed E-state index contributed by atoms with van der Waals surface area (Å²) in [7, 11) is -3.85. The van der Waals surface area contributed by atoms with Crippen LogP contribution < -0.4 is 10.6 Å². The summed E-state index contributed by atoms with van der Waals surface area (Å²) < 4.78 is 41.6. The first-order valence-electron chi connectivity index (χ1n) is 7.60. The quantitative estimate of drug-likeness (QED) is 0.449. The molecule has 0 unspecified atom stereocenters. The summed E-state index contributed by atoms with van der Waals surface area (Å²) in [6.07, 6.45) is -0.319. The van der Waals surface area contributed by atoms with Crippen molar-refractivity contribution in [1.29, 1.82) is 0 Å². The van der Waals surface area contributed by atoms with Gasteiger partial charge in [-0.25, -0.2) is 28.4 Å². The highest BCUT2D eigenvalue weighted by molar-refractivity contribution is 7.89. The van der Waals surface area contributed by atoms with Crippen LogP contribution in [0.15, 0.2) is 57.8 Å². The molecule has 0 bridgehead atoms. The van der Waals surface area contributed by atoms with Crippen LogP contribution in [0, 0.1) is 5.82 Å². The number of carbonyl (C=O) groups is 1. The van der Waals surface area contributed by atoms with E-state index in [0.717, 1.165) is 0 Å². The van der Waals surface area contributed by atoms with Gasteiger partial charge in [0.2, 0.25) is 15.9 Å². The second kappa shape index (κ2) is 7.27. The zero-order chi connectivity index (χ0) is 19.6. The fourth-order valence-electron chi connectivity index (χ4n) is 2.41. The number of hydroxylamine groups is 1. The molecule has 10 heteroatoms. The van der Waals surface area contributed by atoms with Crippen LogP contribution in [0.2, 0.25) is 0 Å². The van der Waals surface area contributed by atoms with Crippen LogP contribution in [-0.4, -0.2) is 24.5 Å². The summed E-state index contributed by atoms with van der Waals surface area (Å²) in [5.74, 6) is -0.881. The second-order valence-corrected chi connectivity index (χ2v) is 7.13. The molecule has 1 amide bonds. The van der Waals surface area contributed by atoms with Crippen LogP contribution in [-0.2, 0) is 21.2 Å². The van der Waals surface area contributed by atoms with E-state index >= 15 is 0 Å². The number of nitrogens with zero attached hydrogens (tertiary/aromatic N) is 1. The van der Waals surface area contributed by atoms with E-state index in [0.29, 0.717) is 16.8 Å². The van der Waals surface area contributed by atoms with Crippen molar-refractivity contribution < 1.29 is 27.2 Å². The molecular formula is C17H14FN3O5S. The Kier molecular flexibility index (Phi) is 5.04. The van der Waals surface area contributed by atoms with Gasteiger partial charge in [0.15, 0.2) is 5.76 Å².